The molecule has 0 radical (unpaired) electrons. The molecule has 1 unspecified atom stereocenters. The number of allylic oxidation sites excluding steroid dienone is 2. The summed E-state index contributed by atoms with van der Waals surface area (Å²) in [5.74, 6) is -0.0478. The van der Waals surface area contributed by atoms with Gasteiger partial charge in [-0.3, -0.25) is 0 Å². The average molecular weight is 917 g/mol. The molecule has 0 aromatic rings. The minimum atomic E-state index is -1.68. The smallest absolute Gasteiger partial charge is 0.187 e. The van der Waals surface area contributed by atoms with Crippen LogP contribution in [-0.4, -0.2) is 180 Å². The Morgan fingerprint density at radius 1 is 0.672 bits per heavy atom. The molecule has 370 valence electrons. The molecule has 4 saturated carbocycles. The van der Waals surface area contributed by atoms with Crippen LogP contribution in [0, 0.1) is 45.3 Å². The van der Waals surface area contributed by atoms with Crippen molar-refractivity contribution in [3.63, 3.8) is 0 Å². The highest BCUT2D eigenvalue weighted by Gasteiger charge is 2.72. The number of rotatable bonds is 12. The Hall–Kier alpha value is -0.940. The summed E-state index contributed by atoms with van der Waals surface area (Å²) in [6, 6.07) is 0. The minimum absolute atomic E-state index is 0.149. The van der Waals surface area contributed by atoms with E-state index in [9.17, 15) is 56.2 Å². The molecule has 17 heteroatoms. The van der Waals surface area contributed by atoms with Crippen LogP contribution < -0.4 is 0 Å². The van der Waals surface area contributed by atoms with Gasteiger partial charge in [0.1, 0.15) is 67.1 Å². The minimum Gasteiger partial charge on any atom is -0.394 e. The summed E-state index contributed by atoms with van der Waals surface area (Å²) < 4.78 is 36.5. The highest BCUT2D eigenvalue weighted by Crippen LogP contribution is 2.76. The third-order valence-corrected chi connectivity index (χ3v) is 18.4. The standard InChI is InChI=1S/C47H80O17/c1-22(2)10-9-14-47(8,64-42-39(58)36(55)34(53)27(62-42)21-60-40-37(56)32(51)25(50)20-59-40)23-11-16-46(7)31(23)24(49)18-29-44(5)15-13-30(43(3,4)28(44)12-17-45(29,46)6)63-41-38(57)35(54)33(52)26(19-48)61-41/h10,23-42,48-58H,9,11-21H2,1-8H3/t23-,24+,25+,26+,27+,28?,29+,30-,31-,32-,33+,34+,35-,36-,37+,38+,39+,40-,41-,42-,44-,45+,46+,47-/m0/s1. The van der Waals surface area contributed by atoms with E-state index < -0.39 is 116 Å². The van der Waals surface area contributed by atoms with Crippen molar-refractivity contribution < 1.29 is 84.6 Å². The third-order valence-electron chi connectivity index (χ3n) is 18.4. The first-order chi connectivity index (χ1) is 29.9. The van der Waals surface area contributed by atoms with Gasteiger partial charge in [0.2, 0.25) is 0 Å². The number of aliphatic hydroxyl groups excluding tert-OH is 11. The van der Waals surface area contributed by atoms with Gasteiger partial charge in [-0.2, -0.15) is 0 Å². The summed E-state index contributed by atoms with van der Waals surface area (Å²) in [7, 11) is 0. The van der Waals surface area contributed by atoms with Crippen molar-refractivity contribution >= 4 is 0 Å². The number of fused-ring (bicyclic) bond motifs is 5. The number of ether oxygens (including phenoxy) is 6. The second-order valence-electron chi connectivity index (χ2n) is 22.5. The lowest BCUT2D eigenvalue weighted by Crippen LogP contribution is -2.67. The monoisotopic (exact) mass is 917 g/mol. The van der Waals surface area contributed by atoms with Crippen LogP contribution in [0.5, 0.6) is 0 Å². The van der Waals surface area contributed by atoms with Crippen molar-refractivity contribution in [3.05, 3.63) is 11.6 Å². The van der Waals surface area contributed by atoms with Gasteiger partial charge in [0.15, 0.2) is 18.9 Å². The van der Waals surface area contributed by atoms with E-state index >= 15 is 0 Å². The van der Waals surface area contributed by atoms with E-state index in [0.29, 0.717) is 25.7 Å². The van der Waals surface area contributed by atoms with Crippen LogP contribution in [0.3, 0.4) is 0 Å². The molecule has 0 bridgehead atoms. The number of aliphatic hydroxyl groups is 11. The maximum atomic E-state index is 12.7. The van der Waals surface area contributed by atoms with E-state index in [1.165, 1.54) is 0 Å². The van der Waals surface area contributed by atoms with E-state index in [4.69, 9.17) is 28.4 Å². The molecule has 24 atom stereocenters. The first-order valence-electron chi connectivity index (χ1n) is 23.8. The Bertz CT molecular complexity index is 1630. The summed E-state index contributed by atoms with van der Waals surface area (Å²) in [6.45, 7) is 16.3. The third kappa shape index (κ3) is 8.60. The maximum absolute atomic E-state index is 12.7. The van der Waals surface area contributed by atoms with Crippen LogP contribution in [0.4, 0.5) is 0 Å². The zero-order valence-corrected chi connectivity index (χ0v) is 39.0. The fraction of sp³-hybridized carbons (Fsp3) is 0.957. The fourth-order valence-electron chi connectivity index (χ4n) is 14.5. The van der Waals surface area contributed by atoms with Gasteiger partial charge in [-0.25, -0.2) is 0 Å². The first-order valence-corrected chi connectivity index (χ1v) is 23.8. The number of hydrogen-bond acceptors (Lipinski definition) is 17. The summed E-state index contributed by atoms with van der Waals surface area (Å²) in [5.41, 5.74) is -0.948. The van der Waals surface area contributed by atoms with Crippen molar-refractivity contribution in [2.75, 3.05) is 19.8 Å². The van der Waals surface area contributed by atoms with Crippen molar-refractivity contribution in [2.45, 2.75) is 217 Å². The predicted molar refractivity (Wildman–Crippen MR) is 228 cm³/mol. The lowest BCUT2D eigenvalue weighted by Gasteiger charge is -2.71. The second-order valence-corrected chi connectivity index (χ2v) is 22.5. The van der Waals surface area contributed by atoms with E-state index in [1.54, 1.807) is 0 Å². The van der Waals surface area contributed by atoms with Crippen LogP contribution in [0.25, 0.3) is 0 Å². The van der Waals surface area contributed by atoms with Crippen molar-refractivity contribution in [1.82, 2.24) is 0 Å². The van der Waals surface area contributed by atoms with Crippen LogP contribution in [0.1, 0.15) is 113 Å². The Morgan fingerprint density at radius 3 is 1.94 bits per heavy atom. The molecule has 17 nitrogen and oxygen atoms in total. The van der Waals surface area contributed by atoms with E-state index in [0.717, 1.165) is 37.7 Å². The molecule has 0 amide bonds. The van der Waals surface area contributed by atoms with Crippen molar-refractivity contribution in [3.8, 4) is 0 Å². The quantitative estimate of drug-likeness (QED) is 0.0946. The molecule has 4 aliphatic carbocycles. The largest absolute Gasteiger partial charge is 0.394 e. The molecule has 0 aromatic carbocycles. The second kappa shape index (κ2) is 18.8. The van der Waals surface area contributed by atoms with Crippen LogP contribution in [-0.2, 0) is 28.4 Å². The van der Waals surface area contributed by atoms with Gasteiger partial charge in [-0.15, -0.1) is 0 Å². The Labute approximate surface area is 377 Å². The van der Waals surface area contributed by atoms with Gasteiger partial charge in [0.05, 0.1) is 37.6 Å². The molecule has 7 rings (SSSR count). The predicted octanol–water partition coefficient (Wildman–Crippen LogP) is 0.612. The fourth-order valence-corrected chi connectivity index (χ4v) is 14.5. The Balaban J connectivity index is 1.11. The topological polar surface area (TPSA) is 278 Å². The molecular weight excluding hydrogens is 836 g/mol. The maximum Gasteiger partial charge on any atom is 0.187 e. The van der Waals surface area contributed by atoms with E-state index in [2.05, 4.69) is 40.7 Å². The molecule has 3 saturated heterocycles. The summed E-state index contributed by atoms with van der Waals surface area (Å²) in [6.07, 6.45) is -12.4. The SMILES string of the molecule is CC(C)=CCC[C@](C)(O[C@@H]1O[C@H](CO[C@@H]2OC[C@@H](O)[C@H](O)[C@H]2O)[C@@H](O)[C@H](O)[C@H]1O)[C@H]1CC[C@]2(C)[C@@H]1[C@H](O)C[C@@H]1[C@@]3(C)CC[C@H](O[C@@H]4O[C@H](CO)[C@@H](O)[C@H](O)[C@H]4O)C(C)(C)C3CC[C@]12C. The van der Waals surface area contributed by atoms with Crippen LogP contribution >= 0.6 is 0 Å². The summed E-state index contributed by atoms with van der Waals surface area (Å²) in [4.78, 5) is 0. The highest BCUT2D eigenvalue weighted by molar-refractivity contribution is 5.20. The van der Waals surface area contributed by atoms with Gasteiger partial charge in [-0.1, -0.05) is 46.3 Å². The van der Waals surface area contributed by atoms with Crippen molar-refractivity contribution in [2.24, 2.45) is 45.3 Å². The summed E-state index contributed by atoms with van der Waals surface area (Å²) >= 11 is 0. The molecule has 0 spiro atoms. The van der Waals surface area contributed by atoms with Gasteiger partial charge < -0.3 is 84.6 Å². The molecule has 3 heterocycles. The molecule has 64 heavy (non-hydrogen) atoms. The molecule has 11 N–H and O–H groups in total. The first kappa shape index (κ1) is 50.9. The Morgan fingerprint density at radius 2 is 1.28 bits per heavy atom. The zero-order chi connectivity index (χ0) is 47.1. The van der Waals surface area contributed by atoms with Gasteiger partial charge in [-0.05, 0) is 124 Å². The van der Waals surface area contributed by atoms with E-state index in [-0.39, 0.29) is 52.6 Å². The van der Waals surface area contributed by atoms with Crippen LogP contribution in [0.2, 0.25) is 0 Å². The van der Waals surface area contributed by atoms with Crippen molar-refractivity contribution in [1.29, 1.82) is 0 Å². The number of hydrogen-bond donors (Lipinski definition) is 11. The molecule has 0 aromatic heterocycles. The molecular formula is C47H80O17. The average Bonchev–Trinajstić information content (AvgIpc) is 3.62. The zero-order valence-electron chi connectivity index (χ0n) is 39.0. The lowest BCUT2D eigenvalue weighted by molar-refractivity contribution is -0.346. The lowest BCUT2D eigenvalue weighted by atomic mass is 9.35. The molecule has 7 fully saturated rings. The highest BCUT2D eigenvalue weighted by atomic mass is 16.7. The Kier molecular flexibility index (Phi) is 14.9. The van der Waals surface area contributed by atoms with Gasteiger partial charge in [0.25, 0.3) is 0 Å². The van der Waals surface area contributed by atoms with Gasteiger partial charge in [0, 0.05) is 0 Å². The van der Waals surface area contributed by atoms with E-state index in [1.807, 2.05) is 20.8 Å². The van der Waals surface area contributed by atoms with Crippen LogP contribution in [0.15, 0.2) is 11.6 Å². The molecule has 3 aliphatic heterocycles. The van der Waals surface area contributed by atoms with Gasteiger partial charge >= 0.3 is 0 Å². The molecule has 7 aliphatic rings. The normalized spacial score (nSPS) is 52.5. The summed E-state index contributed by atoms with van der Waals surface area (Å²) in [5, 5.41) is 118.